The van der Waals surface area contributed by atoms with Crippen LogP contribution in [0.5, 0.6) is 0 Å². The number of nitrogens with zero attached hydrogens (tertiary/aromatic N) is 7. The van der Waals surface area contributed by atoms with Gasteiger partial charge in [0.25, 0.3) is 5.91 Å². The third kappa shape index (κ3) is 4.29. The van der Waals surface area contributed by atoms with E-state index in [1.165, 1.54) is 21.3 Å². The molecule has 5 rings (SSSR count). The average Bonchev–Trinajstić information content (AvgIpc) is 3.44. The molecule has 0 unspecified atom stereocenters. The van der Waals surface area contributed by atoms with Crippen LogP contribution in [0, 0.1) is 6.92 Å². The fourth-order valence-electron chi connectivity index (χ4n) is 4.12. The second-order valence-corrected chi connectivity index (χ2v) is 10.3. The lowest BCUT2D eigenvalue weighted by Crippen LogP contribution is -2.37. The predicted octanol–water partition coefficient (Wildman–Crippen LogP) is 2.01. The van der Waals surface area contributed by atoms with Crippen molar-refractivity contribution in [1.82, 2.24) is 33.7 Å². The lowest BCUT2D eigenvalue weighted by molar-refractivity contribution is 0.102. The Bertz CT molecular complexity index is 1450. The third-order valence-corrected chi connectivity index (χ3v) is 7.28. The lowest BCUT2D eigenvalue weighted by atomic mass is 9.95. The normalized spacial score (nSPS) is 15.6. The Morgan fingerprint density at radius 2 is 1.94 bits per heavy atom. The number of nitrogens with one attached hydrogen (secondary N) is 1. The van der Waals surface area contributed by atoms with E-state index in [0.717, 1.165) is 11.4 Å². The maximum atomic E-state index is 13.1. The van der Waals surface area contributed by atoms with Crippen molar-refractivity contribution in [3.63, 3.8) is 0 Å². The Morgan fingerprint density at radius 1 is 1.15 bits per heavy atom. The number of piperidine rings is 1. The van der Waals surface area contributed by atoms with Crippen LogP contribution >= 0.6 is 0 Å². The number of aromatic nitrogens is 6. The Kier molecular flexibility index (Phi) is 5.62. The summed E-state index contributed by atoms with van der Waals surface area (Å²) < 4.78 is 28.4. The molecule has 0 radical (unpaired) electrons. The fraction of sp³-hybridized carbons (Fsp3) is 0.318. The van der Waals surface area contributed by atoms with Crippen LogP contribution in [-0.4, -0.2) is 67.3 Å². The summed E-state index contributed by atoms with van der Waals surface area (Å²) in [5.41, 5.74) is 3.17. The minimum atomic E-state index is -3.21. The Balaban J connectivity index is 1.46. The molecule has 0 bridgehead atoms. The van der Waals surface area contributed by atoms with Gasteiger partial charge in [-0.05, 0) is 38.0 Å². The van der Waals surface area contributed by atoms with Gasteiger partial charge in [-0.3, -0.25) is 9.78 Å². The maximum Gasteiger partial charge on any atom is 0.262 e. The maximum absolute atomic E-state index is 13.1. The Labute approximate surface area is 196 Å². The van der Waals surface area contributed by atoms with Crippen molar-refractivity contribution in [3.05, 3.63) is 66.0 Å². The van der Waals surface area contributed by atoms with Gasteiger partial charge in [0, 0.05) is 43.2 Å². The highest BCUT2D eigenvalue weighted by atomic mass is 32.2. The molecule has 176 valence electrons. The van der Waals surface area contributed by atoms with Crippen molar-refractivity contribution >= 4 is 27.4 Å². The molecule has 0 aliphatic carbocycles. The minimum absolute atomic E-state index is 0.0759. The Hall–Kier alpha value is -3.64. The van der Waals surface area contributed by atoms with Gasteiger partial charge in [-0.2, -0.15) is 10.2 Å². The molecule has 1 aliphatic heterocycles. The average molecular weight is 481 g/mol. The van der Waals surface area contributed by atoms with E-state index in [1.807, 2.05) is 25.1 Å². The zero-order valence-electron chi connectivity index (χ0n) is 18.8. The zero-order chi connectivity index (χ0) is 23.9. The quantitative estimate of drug-likeness (QED) is 0.463. The van der Waals surface area contributed by atoms with Crippen LogP contribution in [0.1, 0.15) is 40.5 Å². The number of hydrogen-bond donors (Lipinski definition) is 1. The summed E-state index contributed by atoms with van der Waals surface area (Å²) in [5.74, 6) is 0.215. The number of carbonyl (C=O) groups excluding carboxylic acids is 1. The number of fused-ring (bicyclic) bond motifs is 1. The minimum Gasteiger partial charge on any atom is -0.306 e. The summed E-state index contributed by atoms with van der Waals surface area (Å²) in [6.45, 7) is 2.78. The van der Waals surface area contributed by atoms with Crippen LogP contribution in [0.2, 0.25) is 0 Å². The molecule has 0 saturated carbocycles. The molecule has 0 aromatic carbocycles. The number of carbonyl (C=O) groups is 1. The number of hydrogen-bond acceptors (Lipinski definition) is 7. The summed E-state index contributed by atoms with van der Waals surface area (Å²) >= 11 is 0. The molecule has 0 spiro atoms. The van der Waals surface area contributed by atoms with E-state index in [2.05, 4.69) is 20.4 Å². The summed E-state index contributed by atoms with van der Waals surface area (Å²) in [6, 6.07) is 7.35. The molecule has 1 saturated heterocycles. The highest BCUT2D eigenvalue weighted by Crippen LogP contribution is 2.31. The van der Waals surface area contributed by atoms with Crippen LogP contribution in [0.4, 0.5) is 5.82 Å². The monoisotopic (exact) mass is 480 g/mol. The van der Waals surface area contributed by atoms with Gasteiger partial charge in [-0.1, -0.05) is 0 Å². The molecular weight excluding hydrogens is 456 g/mol. The molecule has 12 heteroatoms. The second-order valence-electron chi connectivity index (χ2n) is 8.36. The fourth-order valence-corrected chi connectivity index (χ4v) is 5.00. The van der Waals surface area contributed by atoms with Crippen molar-refractivity contribution in [2.45, 2.75) is 25.7 Å². The first-order valence-electron chi connectivity index (χ1n) is 10.9. The molecule has 1 amide bonds. The van der Waals surface area contributed by atoms with E-state index in [1.54, 1.807) is 29.3 Å². The lowest BCUT2D eigenvalue weighted by Gasteiger charge is -2.29. The van der Waals surface area contributed by atoms with Gasteiger partial charge < -0.3 is 5.32 Å². The first kappa shape index (κ1) is 22.2. The first-order valence-corrected chi connectivity index (χ1v) is 12.7. The number of rotatable bonds is 5. The van der Waals surface area contributed by atoms with Crippen molar-refractivity contribution < 1.29 is 13.2 Å². The van der Waals surface area contributed by atoms with Gasteiger partial charge in [0.1, 0.15) is 11.4 Å². The molecule has 1 fully saturated rings. The van der Waals surface area contributed by atoms with Crippen molar-refractivity contribution in [2.24, 2.45) is 0 Å². The second kappa shape index (κ2) is 8.61. The third-order valence-electron chi connectivity index (χ3n) is 5.98. The highest BCUT2D eigenvalue weighted by molar-refractivity contribution is 7.88. The van der Waals surface area contributed by atoms with E-state index in [9.17, 15) is 13.2 Å². The molecule has 1 N–H and O–H groups in total. The van der Waals surface area contributed by atoms with E-state index in [4.69, 9.17) is 5.10 Å². The molecule has 4 aromatic rings. The Morgan fingerprint density at radius 3 is 2.65 bits per heavy atom. The van der Waals surface area contributed by atoms with Gasteiger partial charge in [0.2, 0.25) is 10.0 Å². The largest absolute Gasteiger partial charge is 0.306 e. The van der Waals surface area contributed by atoms with Gasteiger partial charge in [0.15, 0.2) is 5.65 Å². The van der Waals surface area contributed by atoms with Crippen molar-refractivity contribution in [3.8, 4) is 5.69 Å². The number of sulfonamides is 1. The van der Waals surface area contributed by atoms with E-state index >= 15 is 0 Å². The van der Waals surface area contributed by atoms with Gasteiger partial charge >= 0.3 is 0 Å². The number of pyridine rings is 1. The van der Waals surface area contributed by atoms with Crippen LogP contribution in [-0.2, 0) is 10.0 Å². The van der Waals surface area contributed by atoms with Gasteiger partial charge in [-0.15, -0.1) is 0 Å². The standard InChI is InChI=1S/C22H24N8O3S/c1-15-4-5-17(13-24-15)30-20(26-22(31)18-14-25-29-9-3-8-23-21(18)29)12-19(27-30)16-6-10-28(11-7-16)34(2,32)33/h3-5,8-9,12-14,16H,6-7,10-11H2,1-2H3,(H,26,31). The summed E-state index contributed by atoms with van der Waals surface area (Å²) in [4.78, 5) is 21.7. The first-order chi connectivity index (χ1) is 16.3. The summed E-state index contributed by atoms with van der Waals surface area (Å²) in [5, 5.41) is 11.9. The van der Waals surface area contributed by atoms with Crippen molar-refractivity contribution in [1.29, 1.82) is 0 Å². The highest BCUT2D eigenvalue weighted by Gasteiger charge is 2.28. The van der Waals surface area contributed by atoms with E-state index in [0.29, 0.717) is 48.6 Å². The summed E-state index contributed by atoms with van der Waals surface area (Å²) in [6.07, 6.45) is 9.05. The molecular formula is C22H24N8O3S. The van der Waals surface area contributed by atoms with E-state index < -0.39 is 10.0 Å². The SMILES string of the molecule is Cc1ccc(-n2nc(C3CCN(S(C)(=O)=O)CC3)cc2NC(=O)c2cnn3cccnc23)cn1. The van der Waals surface area contributed by atoms with Gasteiger partial charge in [-0.25, -0.2) is 26.9 Å². The molecule has 4 aromatic heterocycles. The van der Waals surface area contributed by atoms with Crippen LogP contribution in [0.25, 0.3) is 11.3 Å². The van der Waals surface area contributed by atoms with Crippen molar-refractivity contribution in [2.75, 3.05) is 24.7 Å². The van der Waals surface area contributed by atoms with E-state index in [-0.39, 0.29) is 11.8 Å². The number of anilines is 1. The van der Waals surface area contributed by atoms with Gasteiger partial charge in [0.05, 0.1) is 30.0 Å². The van der Waals surface area contributed by atoms with Crippen LogP contribution in [0.3, 0.4) is 0 Å². The molecule has 5 heterocycles. The van der Waals surface area contributed by atoms with Crippen LogP contribution < -0.4 is 5.32 Å². The smallest absolute Gasteiger partial charge is 0.262 e. The molecule has 34 heavy (non-hydrogen) atoms. The zero-order valence-corrected chi connectivity index (χ0v) is 19.6. The molecule has 0 atom stereocenters. The summed E-state index contributed by atoms with van der Waals surface area (Å²) in [7, 11) is -3.21. The number of aryl methyl sites for hydroxylation is 1. The molecule has 11 nitrogen and oxygen atoms in total. The van der Waals surface area contributed by atoms with Crippen LogP contribution in [0.15, 0.2) is 49.1 Å². The number of amides is 1. The topological polar surface area (TPSA) is 127 Å². The molecule has 1 aliphatic rings. The predicted molar refractivity (Wildman–Crippen MR) is 125 cm³/mol.